The van der Waals surface area contributed by atoms with Gasteiger partial charge >= 0.3 is 26.2 Å². The van der Waals surface area contributed by atoms with Crippen LogP contribution in [0.2, 0.25) is 0 Å². The first kappa shape index (κ1) is 46.5. The summed E-state index contributed by atoms with van der Waals surface area (Å²) in [6.45, 7) is 14.2. The van der Waals surface area contributed by atoms with E-state index in [1.54, 1.807) is 0 Å². The third-order valence-electron chi connectivity index (χ3n) is 11.6. The van der Waals surface area contributed by atoms with Crippen molar-refractivity contribution in [2.24, 2.45) is 0 Å². The van der Waals surface area contributed by atoms with Crippen molar-refractivity contribution in [2.75, 3.05) is 27.2 Å². The van der Waals surface area contributed by atoms with Gasteiger partial charge < -0.3 is 24.2 Å². The second-order valence-electron chi connectivity index (χ2n) is 16.8. The van der Waals surface area contributed by atoms with Crippen molar-refractivity contribution in [3.63, 3.8) is 0 Å². The van der Waals surface area contributed by atoms with Crippen molar-refractivity contribution >= 4 is 43.6 Å². The van der Waals surface area contributed by atoms with Crippen molar-refractivity contribution in [1.82, 2.24) is 18.9 Å². The molecule has 0 atom stereocenters. The van der Waals surface area contributed by atoms with E-state index in [1.165, 1.54) is 0 Å². The van der Waals surface area contributed by atoms with E-state index in [1.807, 2.05) is 60.7 Å². The Bertz CT molecular complexity index is 2860. The van der Waals surface area contributed by atoms with Crippen LogP contribution < -0.4 is 0 Å². The van der Waals surface area contributed by atoms with E-state index < -0.39 is 0 Å². The standard InChI is InChI=1S/C44H42N4O2.2C7H7.Zr/c1-29-23-31(43(49)41(25-29)47-37-17-9-5-13-33(37)34-14-6-10-18-38(34)47)27-46(22-21-45(3)4)28-32-24-30(2)26-42(44(32)50)48-39-19-11-7-15-35(39)36-16-8-12-20-40(36)48;2*1-7-5-3-2-4-6-7;/h5-20,23-26,49-50H,21-22,27-28H2,1-4H3;2*2-6H,1H2;/q;2*-1;+4. The van der Waals surface area contributed by atoms with Crippen molar-refractivity contribution < 1.29 is 36.4 Å². The number of phenols is 2. The number of rotatable bonds is 9. The normalized spacial score (nSPS) is 11.1. The van der Waals surface area contributed by atoms with Crippen LogP contribution in [0, 0.1) is 27.7 Å². The molecule has 0 unspecified atom stereocenters. The van der Waals surface area contributed by atoms with Gasteiger partial charge in [0.2, 0.25) is 0 Å². The van der Waals surface area contributed by atoms with E-state index in [9.17, 15) is 10.2 Å². The van der Waals surface area contributed by atoms with Gasteiger partial charge in [-0.1, -0.05) is 97.1 Å². The van der Waals surface area contributed by atoms with Gasteiger partial charge in [-0.3, -0.25) is 4.90 Å². The van der Waals surface area contributed by atoms with Gasteiger partial charge in [-0.05, 0) is 75.5 Å². The Labute approximate surface area is 402 Å². The van der Waals surface area contributed by atoms with Crippen molar-refractivity contribution in [1.29, 1.82) is 0 Å². The number of likely N-dealkylation sites (N-methyl/N-ethyl adjacent to an activating group) is 1. The largest absolute Gasteiger partial charge is 4.00 e. The van der Waals surface area contributed by atoms with Crippen LogP contribution >= 0.6 is 0 Å². The molecular weight excluding hydrogens is 876 g/mol. The molecule has 0 aliphatic rings. The van der Waals surface area contributed by atoms with Gasteiger partial charge in [0.05, 0.1) is 33.4 Å². The molecule has 0 amide bonds. The Balaban J connectivity index is 0.000000359. The molecule has 65 heavy (non-hydrogen) atoms. The molecule has 0 spiro atoms. The zero-order valence-corrected chi connectivity index (χ0v) is 40.2. The summed E-state index contributed by atoms with van der Waals surface area (Å²) in [6, 6.07) is 61.6. The van der Waals surface area contributed by atoms with E-state index in [4.69, 9.17) is 0 Å². The Morgan fingerprint density at radius 1 is 0.431 bits per heavy atom. The minimum Gasteiger partial charge on any atom is -0.505 e. The minimum atomic E-state index is 0. The average molecular weight is 932 g/mol. The molecule has 0 fully saturated rings. The van der Waals surface area contributed by atoms with Gasteiger partial charge in [0, 0.05) is 58.9 Å². The van der Waals surface area contributed by atoms with Crippen LogP contribution in [0.1, 0.15) is 33.4 Å². The summed E-state index contributed by atoms with van der Waals surface area (Å²) in [4.78, 5) is 4.50. The van der Waals surface area contributed by atoms with E-state index >= 15 is 0 Å². The number of benzene rings is 8. The number of aromatic hydroxyl groups is 2. The maximum Gasteiger partial charge on any atom is 4.00 e. The number of phenolic OH excluding ortho intramolecular Hbond substituents is 2. The monoisotopic (exact) mass is 930 g/mol. The maximum absolute atomic E-state index is 12.1. The fourth-order valence-electron chi connectivity index (χ4n) is 8.61. The summed E-state index contributed by atoms with van der Waals surface area (Å²) in [7, 11) is 4.15. The molecule has 8 aromatic carbocycles. The molecule has 2 aromatic heterocycles. The van der Waals surface area contributed by atoms with E-state index in [0.29, 0.717) is 13.1 Å². The number of hydrogen-bond acceptors (Lipinski definition) is 4. The molecule has 0 bridgehead atoms. The molecule has 0 aliphatic heterocycles. The molecule has 0 saturated heterocycles. The summed E-state index contributed by atoms with van der Waals surface area (Å²) in [6.07, 6.45) is 0. The van der Waals surface area contributed by atoms with Crippen LogP contribution in [0.3, 0.4) is 0 Å². The topological polar surface area (TPSA) is 56.8 Å². The van der Waals surface area contributed by atoms with Crippen molar-refractivity contribution in [2.45, 2.75) is 26.9 Å². The predicted molar refractivity (Wildman–Crippen MR) is 269 cm³/mol. The van der Waals surface area contributed by atoms with Crippen LogP contribution in [0.4, 0.5) is 0 Å². The number of fused-ring (bicyclic) bond motifs is 6. The van der Waals surface area contributed by atoms with Gasteiger partial charge in [-0.25, -0.2) is 0 Å². The summed E-state index contributed by atoms with van der Waals surface area (Å²) in [5, 5.41) is 28.7. The number of hydrogen-bond donors (Lipinski definition) is 2. The Morgan fingerprint density at radius 3 is 1.03 bits per heavy atom. The molecule has 10 rings (SSSR count). The van der Waals surface area contributed by atoms with Gasteiger partial charge in [0.25, 0.3) is 0 Å². The number of para-hydroxylation sites is 4. The van der Waals surface area contributed by atoms with Crippen LogP contribution in [0.15, 0.2) is 182 Å². The number of aromatic nitrogens is 2. The summed E-state index contributed by atoms with van der Waals surface area (Å²) < 4.78 is 4.37. The maximum atomic E-state index is 12.1. The minimum absolute atomic E-state index is 0. The van der Waals surface area contributed by atoms with E-state index in [2.05, 4.69) is 182 Å². The third kappa shape index (κ3) is 10.4. The van der Waals surface area contributed by atoms with E-state index in [-0.39, 0.29) is 37.7 Å². The molecule has 0 radical (unpaired) electrons. The van der Waals surface area contributed by atoms with Crippen LogP contribution in [0.25, 0.3) is 55.0 Å². The molecular formula is C58H56N4O2Zr+2. The van der Waals surface area contributed by atoms with Crippen molar-refractivity contribution in [3.05, 3.63) is 229 Å². The molecule has 7 heteroatoms. The van der Waals surface area contributed by atoms with Crippen LogP contribution in [-0.4, -0.2) is 56.3 Å². The fourth-order valence-corrected chi connectivity index (χ4v) is 8.61. The third-order valence-corrected chi connectivity index (χ3v) is 11.6. The first-order chi connectivity index (χ1) is 31.1. The Kier molecular flexibility index (Phi) is 15.0. The van der Waals surface area contributed by atoms with Gasteiger partial charge in [-0.15, -0.1) is 24.3 Å². The molecule has 10 aromatic rings. The SMILES string of the molecule is Cc1cc(CN(CCN(C)C)Cc2cc(C)cc(-n3c4ccccc4c4ccccc43)c2O)c(O)c(-n2c3ccccc3c3ccccc32)c1.[CH2-]c1ccccc1.[CH2-]c1ccccc1.[Zr+4]. The second-order valence-corrected chi connectivity index (χ2v) is 16.8. The smallest absolute Gasteiger partial charge is 0.505 e. The second kappa shape index (κ2) is 21.0. The van der Waals surface area contributed by atoms with Gasteiger partial charge in [0.1, 0.15) is 11.5 Å². The van der Waals surface area contributed by atoms with Crippen molar-refractivity contribution in [3.8, 4) is 22.9 Å². The Hall–Kier alpha value is -6.50. The first-order valence-corrected chi connectivity index (χ1v) is 21.8. The quantitative estimate of drug-likeness (QED) is 0.142. The van der Waals surface area contributed by atoms with Gasteiger partial charge in [0.15, 0.2) is 0 Å². The zero-order valence-electron chi connectivity index (χ0n) is 37.7. The average Bonchev–Trinajstić information content (AvgIpc) is 3.82. The van der Waals surface area contributed by atoms with E-state index in [0.717, 1.165) is 101 Å². The summed E-state index contributed by atoms with van der Waals surface area (Å²) >= 11 is 0. The first-order valence-electron chi connectivity index (χ1n) is 21.8. The molecule has 0 aliphatic carbocycles. The van der Waals surface area contributed by atoms with Gasteiger partial charge in [-0.2, -0.15) is 49.2 Å². The predicted octanol–water partition coefficient (Wildman–Crippen LogP) is 13.2. The summed E-state index contributed by atoms with van der Waals surface area (Å²) in [5.41, 5.74) is 11.8. The Morgan fingerprint density at radius 2 is 0.738 bits per heavy atom. The van der Waals surface area contributed by atoms with Crippen LogP contribution in [0.5, 0.6) is 11.5 Å². The molecule has 0 saturated carbocycles. The number of nitrogens with zero attached hydrogens (tertiary/aromatic N) is 4. The number of aryl methyl sites for hydroxylation is 2. The fraction of sp³-hybridized carbons (Fsp3) is 0.138. The molecule has 2 heterocycles. The molecule has 2 N–H and O–H groups in total. The van der Waals surface area contributed by atoms with Crippen LogP contribution in [-0.2, 0) is 39.3 Å². The molecule has 322 valence electrons. The zero-order chi connectivity index (χ0) is 44.7. The molecule has 6 nitrogen and oxygen atoms in total. The summed E-state index contributed by atoms with van der Waals surface area (Å²) in [5.74, 6) is 0.549.